The third kappa shape index (κ3) is 6.10. The highest BCUT2D eigenvalue weighted by Crippen LogP contribution is 2.28. The molecule has 2 heterocycles. The fraction of sp³-hybridized carbons (Fsp3) is 0.550. The smallest absolute Gasteiger partial charge is 0.228 e. The van der Waals surface area contributed by atoms with E-state index < -0.39 is 11.6 Å². The second kappa shape index (κ2) is 11.5. The molecule has 1 aromatic carbocycles. The van der Waals surface area contributed by atoms with Gasteiger partial charge in [-0.15, -0.1) is 24.0 Å². The molecule has 1 unspecified atom stereocenters. The summed E-state index contributed by atoms with van der Waals surface area (Å²) < 4.78 is 32.6. The molecular weight excluding hydrogens is 505 g/mol. The van der Waals surface area contributed by atoms with Crippen molar-refractivity contribution in [3.05, 3.63) is 47.1 Å². The van der Waals surface area contributed by atoms with Crippen molar-refractivity contribution in [3.8, 4) is 0 Å². The van der Waals surface area contributed by atoms with Gasteiger partial charge in [-0.3, -0.25) is 9.89 Å². The molecule has 7 nitrogen and oxygen atoms in total. The number of hydrogen-bond acceptors (Lipinski definition) is 5. The molecule has 10 heteroatoms. The highest BCUT2D eigenvalue weighted by molar-refractivity contribution is 14.0. The Morgan fingerprint density at radius 2 is 2.00 bits per heavy atom. The quantitative estimate of drug-likeness (QED) is 0.349. The summed E-state index contributed by atoms with van der Waals surface area (Å²) in [6.45, 7) is 7.57. The minimum absolute atomic E-state index is 0. The van der Waals surface area contributed by atoms with Crippen molar-refractivity contribution in [1.82, 2.24) is 25.3 Å². The topological polar surface area (TPSA) is 69.8 Å². The predicted molar refractivity (Wildman–Crippen MR) is 122 cm³/mol. The van der Waals surface area contributed by atoms with E-state index in [0.717, 1.165) is 44.6 Å². The normalized spacial score (nSPS) is 16.3. The number of aliphatic imine (C=N–C) groups is 1. The molecule has 0 amide bonds. The van der Waals surface area contributed by atoms with Gasteiger partial charge >= 0.3 is 0 Å². The van der Waals surface area contributed by atoms with E-state index in [0.29, 0.717) is 30.2 Å². The van der Waals surface area contributed by atoms with Crippen LogP contribution in [0, 0.1) is 18.6 Å². The van der Waals surface area contributed by atoms with Gasteiger partial charge < -0.3 is 14.7 Å². The maximum Gasteiger partial charge on any atom is 0.228 e. The maximum absolute atomic E-state index is 14.3. The molecule has 166 valence electrons. The van der Waals surface area contributed by atoms with E-state index in [2.05, 4.69) is 30.2 Å². The van der Waals surface area contributed by atoms with E-state index >= 15 is 0 Å². The minimum atomic E-state index is -0.545. The van der Waals surface area contributed by atoms with Gasteiger partial charge in [0.15, 0.2) is 11.8 Å². The van der Waals surface area contributed by atoms with Gasteiger partial charge in [-0.05, 0) is 19.4 Å². The van der Waals surface area contributed by atoms with Crippen LogP contribution in [0.1, 0.15) is 36.7 Å². The molecule has 0 aliphatic carbocycles. The molecule has 2 aromatic rings. The second-order valence-electron chi connectivity index (χ2n) is 7.07. The molecule has 0 radical (unpaired) electrons. The summed E-state index contributed by atoms with van der Waals surface area (Å²) in [4.78, 5) is 13.0. The third-order valence-electron chi connectivity index (χ3n) is 5.17. The van der Waals surface area contributed by atoms with Crippen molar-refractivity contribution in [2.75, 3.05) is 39.8 Å². The van der Waals surface area contributed by atoms with Crippen LogP contribution in [0.4, 0.5) is 8.78 Å². The fourth-order valence-electron chi connectivity index (χ4n) is 3.75. The lowest BCUT2D eigenvalue weighted by Gasteiger charge is -2.40. The van der Waals surface area contributed by atoms with E-state index in [9.17, 15) is 8.78 Å². The van der Waals surface area contributed by atoms with Crippen LogP contribution in [-0.2, 0) is 6.42 Å². The molecule has 0 bridgehead atoms. The lowest BCUT2D eigenvalue weighted by molar-refractivity contribution is 0.124. The Kier molecular flexibility index (Phi) is 9.40. The average molecular weight is 534 g/mol. The summed E-state index contributed by atoms with van der Waals surface area (Å²) in [5, 5.41) is 7.12. The third-order valence-corrected chi connectivity index (χ3v) is 5.17. The number of benzene rings is 1. The van der Waals surface area contributed by atoms with Crippen molar-refractivity contribution in [2.24, 2.45) is 4.99 Å². The van der Waals surface area contributed by atoms with Gasteiger partial charge in [-0.2, -0.15) is 4.98 Å². The number of halogens is 3. The Hall–Kier alpha value is -1.82. The van der Waals surface area contributed by atoms with E-state index in [1.807, 2.05) is 6.92 Å². The van der Waals surface area contributed by atoms with E-state index in [1.54, 1.807) is 20.0 Å². The molecule has 1 saturated heterocycles. The molecule has 1 N–H and O–H groups in total. The van der Waals surface area contributed by atoms with Crippen molar-refractivity contribution < 1.29 is 13.3 Å². The fourth-order valence-corrected chi connectivity index (χ4v) is 3.75. The summed E-state index contributed by atoms with van der Waals surface area (Å²) in [5.41, 5.74) is 0.555. The lowest BCUT2D eigenvalue weighted by atomic mass is 10.0. The Balaban J connectivity index is 0.00000320. The van der Waals surface area contributed by atoms with Crippen LogP contribution in [0.5, 0.6) is 0 Å². The van der Waals surface area contributed by atoms with Gasteiger partial charge in [0.05, 0.1) is 0 Å². The highest BCUT2D eigenvalue weighted by Gasteiger charge is 2.27. The van der Waals surface area contributed by atoms with Crippen LogP contribution in [0.3, 0.4) is 0 Å². The summed E-state index contributed by atoms with van der Waals surface area (Å²) in [6, 6.07) is 3.79. The molecule has 1 fully saturated rings. The molecule has 0 saturated carbocycles. The number of aryl methyl sites for hydroxylation is 1. The van der Waals surface area contributed by atoms with E-state index in [4.69, 9.17) is 4.52 Å². The van der Waals surface area contributed by atoms with Crippen molar-refractivity contribution in [3.63, 3.8) is 0 Å². The van der Waals surface area contributed by atoms with Crippen LogP contribution >= 0.6 is 24.0 Å². The molecule has 1 atom stereocenters. The first-order chi connectivity index (χ1) is 14.0. The molecule has 1 aromatic heterocycles. The highest BCUT2D eigenvalue weighted by atomic mass is 127. The predicted octanol–water partition coefficient (Wildman–Crippen LogP) is 3.16. The minimum Gasteiger partial charge on any atom is -0.356 e. The first kappa shape index (κ1) is 24.4. The van der Waals surface area contributed by atoms with E-state index in [1.165, 1.54) is 6.07 Å². The van der Waals surface area contributed by atoms with Gasteiger partial charge in [0.1, 0.15) is 11.6 Å². The zero-order chi connectivity index (χ0) is 20.8. The zero-order valence-electron chi connectivity index (χ0n) is 17.6. The molecule has 1 aliphatic rings. The molecule has 3 rings (SSSR count). The Bertz CT molecular complexity index is 838. The van der Waals surface area contributed by atoms with Gasteiger partial charge in [0, 0.05) is 63.9 Å². The Morgan fingerprint density at radius 1 is 1.27 bits per heavy atom. The summed E-state index contributed by atoms with van der Waals surface area (Å²) >= 11 is 0. The largest absolute Gasteiger partial charge is 0.356 e. The van der Waals surface area contributed by atoms with Gasteiger partial charge in [-0.25, -0.2) is 8.78 Å². The maximum atomic E-state index is 14.3. The lowest BCUT2D eigenvalue weighted by Crippen LogP contribution is -2.53. The number of nitrogens with one attached hydrogen (secondary N) is 1. The second-order valence-corrected chi connectivity index (χ2v) is 7.07. The van der Waals surface area contributed by atoms with Gasteiger partial charge in [-0.1, -0.05) is 18.1 Å². The average Bonchev–Trinajstić information content (AvgIpc) is 3.13. The Labute approximate surface area is 192 Å². The van der Waals surface area contributed by atoms with Crippen LogP contribution in [0.15, 0.2) is 27.7 Å². The monoisotopic (exact) mass is 534 g/mol. The van der Waals surface area contributed by atoms with Crippen molar-refractivity contribution >= 4 is 29.9 Å². The van der Waals surface area contributed by atoms with Crippen molar-refractivity contribution in [2.45, 2.75) is 32.7 Å². The van der Waals surface area contributed by atoms with Gasteiger partial charge in [0.2, 0.25) is 5.89 Å². The first-order valence-corrected chi connectivity index (χ1v) is 9.95. The number of guanidine groups is 1. The van der Waals surface area contributed by atoms with Crippen molar-refractivity contribution in [1.29, 1.82) is 0 Å². The van der Waals surface area contributed by atoms with E-state index in [-0.39, 0.29) is 30.0 Å². The Morgan fingerprint density at radius 3 is 2.57 bits per heavy atom. The molecule has 1 aliphatic heterocycles. The SMILES string of the molecule is CCC(c1ccc(F)cc1F)N1CCN(C(=NC)NCCc2nc(C)no2)CC1.I. The van der Waals surface area contributed by atoms with Crippen LogP contribution in [0.2, 0.25) is 0 Å². The van der Waals surface area contributed by atoms with Crippen LogP contribution in [0.25, 0.3) is 0 Å². The summed E-state index contributed by atoms with van der Waals surface area (Å²) in [5.74, 6) is 1.03. The summed E-state index contributed by atoms with van der Waals surface area (Å²) in [7, 11) is 1.76. The number of rotatable bonds is 6. The molecule has 30 heavy (non-hydrogen) atoms. The number of hydrogen-bond donors (Lipinski definition) is 1. The molecule has 0 spiro atoms. The summed E-state index contributed by atoms with van der Waals surface area (Å²) in [6.07, 6.45) is 1.39. The van der Waals surface area contributed by atoms with Crippen LogP contribution in [-0.4, -0.2) is 65.7 Å². The number of nitrogens with zero attached hydrogens (tertiary/aromatic N) is 5. The number of piperazine rings is 1. The number of aromatic nitrogens is 2. The zero-order valence-corrected chi connectivity index (χ0v) is 19.9. The molecular formula is C20H29F2IN6O. The standard InChI is InChI=1S/C20H28F2N6O.HI/c1-4-18(16-6-5-15(21)13-17(16)22)27-9-11-28(12-10-27)20(23-3)24-8-7-19-25-14(2)26-29-19;/h5-6,13,18H,4,7-12H2,1-3H3,(H,23,24);1H. The first-order valence-electron chi connectivity index (χ1n) is 9.95. The van der Waals surface area contributed by atoms with Crippen LogP contribution < -0.4 is 5.32 Å². The van der Waals surface area contributed by atoms with Gasteiger partial charge in [0.25, 0.3) is 0 Å².